The minimum atomic E-state index is -0.399. The van der Waals surface area contributed by atoms with E-state index in [4.69, 9.17) is 5.26 Å². The normalized spacial score (nSPS) is 14.4. The number of nitrogens with zero attached hydrogens (tertiary/aromatic N) is 4. The molecule has 1 aliphatic carbocycles. The van der Waals surface area contributed by atoms with Gasteiger partial charge in [-0.25, -0.2) is 0 Å². The van der Waals surface area contributed by atoms with Gasteiger partial charge in [0.1, 0.15) is 17.7 Å². The van der Waals surface area contributed by atoms with Crippen LogP contribution in [-0.2, 0) is 11.3 Å². The molecule has 1 unspecified atom stereocenters. The van der Waals surface area contributed by atoms with Crippen molar-refractivity contribution in [3.05, 3.63) is 66.0 Å². The lowest BCUT2D eigenvalue weighted by Gasteiger charge is -2.22. The number of rotatable bonds is 9. The third kappa shape index (κ3) is 5.89. The third-order valence-electron chi connectivity index (χ3n) is 6.04. The molecular formula is C25H29N7O. The standard InChI is InChI=1S/C25H29N7O/c1-27-25-30-22(15-23(31-25)32-12-4-5-13-32)29-21(14-18-6-2-3-7-18)24(33)28-17-20-10-8-19(16-26)9-11-20/h4-5,8-13,15,18,21H,2-3,6-7,14,17H2,1H3,(H,28,33)(H2,27,29,30,31). The van der Waals surface area contributed by atoms with Gasteiger partial charge in [-0.2, -0.15) is 15.2 Å². The van der Waals surface area contributed by atoms with Crippen LogP contribution in [0.1, 0.15) is 43.2 Å². The minimum absolute atomic E-state index is 0.0570. The summed E-state index contributed by atoms with van der Waals surface area (Å²) >= 11 is 0. The molecule has 8 heteroatoms. The fraction of sp³-hybridized carbons (Fsp3) is 0.360. The van der Waals surface area contributed by atoms with E-state index in [0.29, 0.717) is 29.8 Å². The second kappa shape index (κ2) is 10.6. The van der Waals surface area contributed by atoms with Crippen LogP contribution in [0.15, 0.2) is 54.9 Å². The number of carbonyl (C=O) groups excluding carboxylic acids is 1. The molecule has 1 aliphatic rings. The van der Waals surface area contributed by atoms with Gasteiger partial charge in [0.05, 0.1) is 11.6 Å². The van der Waals surface area contributed by atoms with Crippen molar-refractivity contribution in [3.63, 3.8) is 0 Å². The predicted octanol–water partition coefficient (Wildman–Crippen LogP) is 3.86. The molecule has 2 heterocycles. The van der Waals surface area contributed by atoms with E-state index in [0.717, 1.165) is 30.6 Å². The van der Waals surface area contributed by atoms with Crippen molar-refractivity contribution in [1.29, 1.82) is 5.26 Å². The highest BCUT2D eigenvalue weighted by Gasteiger charge is 2.26. The Morgan fingerprint density at radius 1 is 1.18 bits per heavy atom. The fourth-order valence-electron chi connectivity index (χ4n) is 4.24. The Kier molecular flexibility index (Phi) is 7.20. The number of benzene rings is 1. The number of aromatic nitrogens is 3. The molecule has 1 amide bonds. The maximum Gasteiger partial charge on any atom is 0.242 e. The number of nitriles is 1. The molecule has 0 bridgehead atoms. The van der Waals surface area contributed by atoms with Crippen LogP contribution in [0.4, 0.5) is 11.8 Å². The number of amides is 1. The first-order chi connectivity index (χ1) is 16.1. The van der Waals surface area contributed by atoms with E-state index >= 15 is 0 Å². The van der Waals surface area contributed by atoms with E-state index in [1.807, 2.05) is 47.3 Å². The van der Waals surface area contributed by atoms with Crippen LogP contribution in [0.2, 0.25) is 0 Å². The van der Waals surface area contributed by atoms with Gasteiger partial charge in [-0.05, 0) is 42.2 Å². The molecule has 8 nitrogen and oxygen atoms in total. The highest BCUT2D eigenvalue weighted by Crippen LogP contribution is 2.29. The second-order valence-electron chi connectivity index (χ2n) is 8.38. The van der Waals surface area contributed by atoms with Gasteiger partial charge in [-0.15, -0.1) is 0 Å². The Labute approximate surface area is 194 Å². The summed E-state index contributed by atoms with van der Waals surface area (Å²) in [6, 6.07) is 14.7. The van der Waals surface area contributed by atoms with Crippen LogP contribution in [0, 0.1) is 17.2 Å². The summed E-state index contributed by atoms with van der Waals surface area (Å²) in [5, 5.41) is 18.4. The molecule has 1 fully saturated rings. The highest BCUT2D eigenvalue weighted by atomic mass is 16.2. The van der Waals surface area contributed by atoms with Gasteiger partial charge in [0.15, 0.2) is 0 Å². The van der Waals surface area contributed by atoms with Gasteiger partial charge in [0.25, 0.3) is 0 Å². The Morgan fingerprint density at radius 2 is 1.91 bits per heavy atom. The molecule has 33 heavy (non-hydrogen) atoms. The van der Waals surface area contributed by atoms with Gasteiger partial charge >= 0.3 is 0 Å². The number of anilines is 2. The van der Waals surface area contributed by atoms with Gasteiger partial charge in [0.2, 0.25) is 11.9 Å². The summed E-state index contributed by atoms with van der Waals surface area (Å²) in [6.45, 7) is 0.410. The van der Waals surface area contributed by atoms with Crippen LogP contribution in [0.5, 0.6) is 0 Å². The molecule has 1 aromatic carbocycles. The van der Waals surface area contributed by atoms with Crippen LogP contribution in [0.3, 0.4) is 0 Å². The molecule has 0 radical (unpaired) electrons. The van der Waals surface area contributed by atoms with Crippen molar-refractivity contribution >= 4 is 17.7 Å². The van der Waals surface area contributed by atoms with Crippen molar-refractivity contribution < 1.29 is 4.79 Å². The Morgan fingerprint density at radius 3 is 2.58 bits per heavy atom. The zero-order valence-corrected chi connectivity index (χ0v) is 18.8. The van der Waals surface area contributed by atoms with Crippen LogP contribution in [0.25, 0.3) is 5.82 Å². The predicted molar refractivity (Wildman–Crippen MR) is 128 cm³/mol. The summed E-state index contributed by atoms with van der Waals surface area (Å²) in [4.78, 5) is 22.3. The number of nitrogens with one attached hydrogen (secondary N) is 3. The van der Waals surface area contributed by atoms with Crippen LogP contribution < -0.4 is 16.0 Å². The molecule has 3 aromatic rings. The first-order valence-electron chi connectivity index (χ1n) is 11.4. The van der Waals surface area contributed by atoms with Gasteiger partial charge in [-0.1, -0.05) is 37.8 Å². The first kappa shape index (κ1) is 22.3. The SMILES string of the molecule is CNc1nc(NC(CC2CCCC2)C(=O)NCc2ccc(C#N)cc2)cc(-n2cccc2)n1. The average Bonchev–Trinajstić information content (AvgIpc) is 3.57. The van der Waals surface area contributed by atoms with Crippen LogP contribution in [-0.4, -0.2) is 33.5 Å². The van der Waals surface area contributed by atoms with E-state index in [-0.39, 0.29) is 5.91 Å². The van der Waals surface area contributed by atoms with Gasteiger partial charge in [-0.3, -0.25) is 4.79 Å². The highest BCUT2D eigenvalue weighted by molar-refractivity contribution is 5.84. The zero-order valence-electron chi connectivity index (χ0n) is 18.8. The van der Waals surface area contributed by atoms with Crippen molar-refractivity contribution in [2.24, 2.45) is 5.92 Å². The summed E-state index contributed by atoms with van der Waals surface area (Å²) in [5.41, 5.74) is 1.56. The minimum Gasteiger partial charge on any atom is -0.358 e. The maximum absolute atomic E-state index is 13.2. The van der Waals surface area contributed by atoms with Crippen molar-refractivity contribution in [3.8, 4) is 11.9 Å². The largest absolute Gasteiger partial charge is 0.358 e. The Bertz CT molecular complexity index is 1100. The smallest absolute Gasteiger partial charge is 0.242 e. The summed E-state index contributed by atoms with van der Waals surface area (Å²) in [7, 11) is 1.78. The molecule has 2 aromatic heterocycles. The van der Waals surface area contributed by atoms with E-state index in [9.17, 15) is 4.79 Å². The summed E-state index contributed by atoms with van der Waals surface area (Å²) in [6.07, 6.45) is 9.36. The Hall–Kier alpha value is -3.86. The van der Waals surface area contributed by atoms with E-state index in [2.05, 4.69) is 32.0 Å². The molecule has 170 valence electrons. The lowest BCUT2D eigenvalue weighted by atomic mass is 9.97. The molecule has 3 N–H and O–H groups in total. The van der Waals surface area contributed by atoms with Gasteiger partial charge < -0.3 is 20.5 Å². The van der Waals surface area contributed by atoms with Crippen molar-refractivity contribution in [2.75, 3.05) is 17.7 Å². The van der Waals surface area contributed by atoms with Crippen molar-refractivity contribution in [2.45, 2.75) is 44.7 Å². The molecule has 4 rings (SSSR count). The fourth-order valence-corrected chi connectivity index (χ4v) is 4.24. The second-order valence-corrected chi connectivity index (χ2v) is 8.38. The van der Waals surface area contributed by atoms with E-state index in [1.54, 1.807) is 19.2 Å². The van der Waals surface area contributed by atoms with Crippen molar-refractivity contribution in [1.82, 2.24) is 19.9 Å². The van der Waals surface area contributed by atoms with E-state index in [1.165, 1.54) is 12.8 Å². The summed E-state index contributed by atoms with van der Waals surface area (Å²) < 4.78 is 1.91. The molecule has 0 spiro atoms. The molecule has 1 saturated carbocycles. The molecule has 0 aliphatic heterocycles. The van der Waals surface area contributed by atoms with Crippen LogP contribution >= 0.6 is 0 Å². The zero-order chi connectivity index (χ0) is 23.0. The average molecular weight is 444 g/mol. The number of hydrogen-bond donors (Lipinski definition) is 3. The third-order valence-corrected chi connectivity index (χ3v) is 6.04. The van der Waals surface area contributed by atoms with E-state index < -0.39 is 6.04 Å². The quantitative estimate of drug-likeness (QED) is 0.464. The topological polar surface area (TPSA) is 108 Å². The molecule has 1 atom stereocenters. The number of hydrogen-bond acceptors (Lipinski definition) is 6. The summed E-state index contributed by atoms with van der Waals surface area (Å²) in [5.74, 6) is 2.28. The maximum atomic E-state index is 13.2. The van der Waals surface area contributed by atoms with Gasteiger partial charge in [0, 0.05) is 32.1 Å². The monoisotopic (exact) mass is 443 g/mol. The Balaban J connectivity index is 1.50. The number of carbonyl (C=O) groups is 1. The molecule has 0 saturated heterocycles. The first-order valence-corrected chi connectivity index (χ1v) is 11.4. The lowest BCUT2D eigenvalue weighted by molar-refractivity contribution is -0.122. The molecular weight excluding hydrogens is 414 g/mol. The lowest BCUT2D eigenvalue weighted by Crippen LogP contribution is -2.40.